The molecule has 2 rings (SSSR count). The molecule has 3 N–H and O–H groups in total. The zero-order valence-corrected chi connectivity index (χ0v) is 12.9. The van der Waals surface area contributed by atoms with Crippen molar-refractivity contribution < 1.29 is 4.79 Å². The molecule has 1 aromatic heterocycles. The molecule has 1 aliphatic carbocycles. The van der Waals surface area contributed by atoms with E-state index in [1.54, 1.807) is 19.0 Å². The molecule has 1 fully saturated rings. The molecule has 0 bridgehead atoms. The number of thiophene rings is 1. The van der Waals surface area contributed by atoms with Crippen LogP contribution in [0.25, 0.3) is 0 Å². The van der Waals surface area contributed by atoms with Gasteiger partial charge in [-0.15, -0.1) is 11.3 Å². The van der Waals surface area contributed by atoms with Gasteiger partial charge in [-0.05, 0) is 24.7 Å². The molecular weight excluding hydrogens is 258 g/mol. The molecule has 0 unspecified atom stereocenters. The molecule has 1 heterocycles. The Morgan fingerprint density at radius 1 is 1.47 bits per heavy atom. The number of nitrogens with two attached hydrogens (primary N) is 1. The van der Waals surface area contributed by atoms with E-state index >= 15 is 0 Å². The van der Waals surface area contributed by atoms with Gasteiger partial charge in [0.2, 0.25) is 0 Å². The largest absolute Gasteiger partial charge is 0.397 e. The Kier molecular flexibility index (Phi) is 4.04. The lowest BCUT2D eigenvalue weighted by Gasteiger charge is -2.09. The fourth-order valence-electron chi connectivity index (χ4n) is 2.02. The summed E-state index contributed by atoms with van der Waals surface area (Å²) in [5.74, 6) is 1.12. The molecule has 1 saturated carbocycles. The molecule has 0 saturated heterocycles. The summed E-state index contributed by atoms with van der Waals surface area (Å²) in [7, 11) is 3.53. The van der Waals surface area contributed by atoms with Gasteiger partial charge < -0.3 is 16.0 Å². The van der Waals surface area contributed by atoms with E-state index in [1.807, 2.05) is 0 Å². The molecule has 1 aliphatic rings. The highest BCUT2D eigenvalue weighted by atomic mass is 32.1. The first-order valence-corrected chi connectivity index (χ1v) is 7.61. The summed E-state index contributed by atoms with van der Waals surface area (Å²) in [6.07, 6.45) is 2.37. The number of hydrogen-bond acceptors (Lipinski definition) is 4. The van der Waals surface area contributed by atoms with Crippen molar-refractivity contribution in [3.63, 3.8) is 0 Å². The van der Waals surface area contributed by atoms with Gasteiger partial charge in [0.25, 0.3) is 5.91 Å². The fraction of sp³-hybridized carbons (Fsp3) is 0.643. The lowest BCUT2D eigenvalue weighted by Crippen LogP contribution is -2.21. The lowest BCUT2D eigenvalue weighted by molar-refractivity contribution is 0.0833. The van der Waals surface area contributed by atoms with Gasteiger partial charge in [0.05, 0.1) is 10.7 Å². The van der Waals surface area contributed by atoms with Crippen LogP contribution < -0.4 is 11.1 Å². The first-order chi connectivity index (χ1) is 8.91. The predicted octanol–water partition coefficient (Wildman–Crippen LogP) is 2.98. The molecule has 19 heavy (non-hydrogen) atoms. The van der Waals surface area contributed by atoms with Crippen molar-refractivity contribution in [1.82, 2.24) is 4.90 Å². The van der Waals surface area contributed by atoms with Crippen LogP contribution >= 0.6 is 11.3 Å². The summed E-state index contributed by atoms with van der Waals surface area (Å²) in [6.45, 7) is 5.26. The second kappa shape index (κ2) is 5.41. The predicted molar refractivity (Wildman–Crippen MR) is 82.1 cm³/mol. The van der Waals surface area contributed by atoms with Crippen LogP contribution in [0.1, 0.15) is 47.8 Å². The number of hydrogen-bond donors (Lipinski definition) is 2. The number of anilines is 2. The summed E-state index contributed by atoms with van der Waals surface area (Å²) >= 11 is 1.51. The minimum absolute atomic E-state index is 0.00185. The number of nitrogens with zero attached hydrogens (tertiary/aromatic N) is 1. The van der Waals surface area contributed by atoms with Gasteiger partial charge in [0.15, 0.2) is 0 Å². The van der Waals surface area contributed by atoms with Crippen molar-refractivity contribution in [3.8, 4) is 0 Å². The monoisotopic (exact) mass is 281 g/mol. The van der Waals surface area contributed by atoms with Crippen molar-refractivity contribution in [3.05, 3.63) is 10.4 Å². The first kappa shape index (κ1) is 14.2. The highest BCUT2D eigenvalue weighted by Crippen LogP contribution is 2.50. The van der Waals surface area contributed by atoms with Gasteiger partial charge in [0.1, 0.15) is 4.88 Å². The Balaban J connectivity index is 2.31. The van der Waals surface area contributed by atoms with E-state index < -0.39 is 0 Å². The minimum atomic E-state index is 0.00185. The van der Waals surface area contributed by atoms with Crippen LogP contribution in [0.3, 0.4) is 0 Å². The standard InChI is InChI=1S/C14H23N3OS/c1-8(2)7-16-13-10(9-5-6-9)11(15)12(19-13)14(18)17(3)4/h8-9,16H,5-7,15H2,1-4H3. The van der Waals surface area contributed by atoms with Crippen LogP contribution in [0.15, 0.2) is 0 Å². The molecule has 0 spiro atoms. The Morgan fingerprint density at radius 3 is 2.58 bits per heavy atom. The van der Waals surface area contributed by atoms with E-state index in [2.05, 4.69) is 19.2 Å². The zero-order chi connectivity index (χ0) is 14.2. The molecule has 0 atom stereocenters. The van der Waals surface area contributed by atoms with Gasteiger partial charge in [-0.1, -0.05) is 13.8 Å². The summed E-state index contributed by atoms with van der Waals surface area (Å²) in [6, 6.07) is 0. The third kappa shape index (κ3) is 3.03. The van der Waals surface area contributed by atoms with Crippen molar-refractivity contribution >= 4 is 27.9 Å². The lowest BCUT2D eigenvalue weighted by atomic mass is 10.1. The first-order valence-electron chi connectivity index (χ1n) is 6.79. The van der Waals surface area contributed by atoms with Crippen LogP contribution in [0.5, 0.6) is 0 Å². The summed E-state index contributed by atoms with van der Waals surface area (Å²) in [5, 5.41) is 4.55. The van der Waals surface area contributed by atoms with Gasteiger partial charge in [-0.25, -0.2) is 0 Å². The summed E-state index contributed by atoms with van der Waals surface area (Å²) in [4.78, 5) is 14.4. The Hall–Kier alpha value is -1.23. The minimum Gasteiger partial charge on any atom is -0.397 e. The molecule has 5 heteroatoms. The topological polar surface area (TPSA) is 58.4 Å². The molecule has 4 nitrogen and oxygen atoms in total. The molecule has 106 valence electrons. The smallest absolute Gasteiger partial charge is 0.265 e. The van der Waals surface area contributed by atoms with Gasteiger partial charge >= 0.3 is 0 Å². The Bertz CT molecular complexity index is 475. The third-order valence-electron chi connectivity index (χ3n) is 3.24. The van der Waals surface area contributed by atoms with Crippen LogP contribution in [-0.2, 0) is 0 Å². The second-order valence-electron chi connectivity index (χ2n) is 5.84. The maximum absolute atomic E-state index is 12.1. The van der Waals surface area contributed by atoms with E-state index in [1.165, 1.54) is 29.7 Å². The number of carbonyl (C=O) groups excluding carboxylic acids is 1. The molecule has 0 aliphatic heterocycles. The van der Waals surface area contributed by atoms with Crippen molar-refractivity contribution in [2.75, 3.05) is 31.7 Å². The highest BCUT2D eigenvalue weighted by Gasteiger charge is 2.33. The zero-order valence-electron chi connectivity index (χ0n) is 12.1. The maximum Gasteiger partial charge on any atom is 0.265 e. The normalized spacial score (nSPS) is 14.8. The fourth-order valence-corrected chi connectivity index (χ4v) is 3.26. The Labute approximate surface area is 119 Å². The van der Waals surface area contributed by atoms with Crippen molar-refractivity contribution in [2.45, 2.75) is 32.6 Å². The van der Waals surface area contributed by atoms with E-state index in [4.69, 9.17) is 5.73 Å². The molecule has 0 radical (unpaired) electrons. The Morgan fingerprint density at radius 2 is 2.11 bits per heavy atom. The number of carbonyl (C=O) groups is 1. The van der Waals surface area contributed by atoms with Crippen LogP contribution in [0.2, 0.25) is 0 Å². The van der Waals surface area contributed by atoms with E-state index in [-0.39, 0.29) is 5.91 Å². The number of nitrogen functional groups attached to an aromatic ring is 1. The highest BCUT2D eigenvalue weighted by molar-refractivity contribution is 7.18. The van der Waals surface area contributed by atoms with Gasteiger partial charge in [0, 0.05) is 26.2 Å². The quantitative estimate of drug-likeness (QED) is 0.872. The molecule has 0 aromatic carbocycles. The van der Waals surface area contributed by atoms with Crippen LogP contribution in [0, 0.1) is 5.92 Å². The van der Waals surface area contributed by atoms with E-state index in [0.717, 1.165) is 11.5 Å². The molecule has 1 amide bonds. The number of amides is 1. The summed E-state index contributed by atoms with van der Waals surface area (Å²) < 4.78 is 0. The summed E-state index contributed by atoms with van der Waals surface area (Å²) in [5.41, 5.74) is 8.08. The van der Waals surface area contributed by atoms with E-state index in [0.29, 0.717) is 22.4 Å². The van der Waals surface area contributed by atoms with Crippen molar-refractivity contribution in [2.24, 2.45) is 5.92 Å². The second-order valence-corrected chi connectivity index (χ2v) is 6.86. The number of rotatable bonds is 5. The molecule has 1 aromatic rings. The number of nitrogens with one attached hydrogen (secondary N) is 1. The average Bonchev–Trinajstić information content (AvgIpc) is 3.10. The van der Waals surface area contributed by atoms with Crippen LogP contribution in [-0.4, -0.2) is 31.4 Å². The maximum atomic E-state index is 12.1. The third-order valence-corrected chi connectivity index (χ3v) is 4.41. The average molecular weight is 281 g/mol. The SMILES string of the molecule is CC(C)CNc1sc(C(=O)N(C)C)c(N)c1C1CC1. The van der Waals surface area contributed by atoms with Gasteiger partial charge in [-0.3, -0.25) is 4.79 Å². The van der Waals surface area contributed by atoms with E-state index in [9.17, 15) is 4.79 Å². The van der Waals surface area contributed by atoms with Crippen molar-refractivity contribution in [1.29, 1.82) is 0 Å². The van der Waals surface area contributed by atoms with Gasteiger partial charge in [-0.2, -0.15) is 0 Å². The van der Waals surface area contributed by atoms with Crippen LogP contribution in [0.4, 0.5) is 10.7 Å². The molecular formula is C14H23N3OS.